The van der Waals surface area contributed by atoms with Crippen LogP contribution in [-0.4, -0.2) is 33.3 Å². The number of carbonyl (C=O) groups is 2. The molecule has 1 atom stereocenters. The van der Waals surface area contributed by atoms with Crippen LogP contribution in [0.25, 0.3) is 5.76 Å². The number of ketones is 1. The van der Waals surface area contributed by atoms with Gasteiger partial charge in [0, 0.05) is 29.5 Å². The largest absolute Gasteiger partial charge is 0.507 e. The van der Waals surface area contributed by atoms with E-state index >= 15 is 0 Å². The molecule has 1 unspecified atom stereocenters. The van der Waals surface area contributed by atoms with Gasteiger partial charge in [-0.1, -0.05) is 55.8 Å². The first-order valence-electron chi connectivity index (χ1n) is 11.0. The lowest BCUT2D eigenvalue weighted by Gasteiger charge is -2.25. The highest BCUT2D eigenvalue weighted by Gasteiger charge is 2.46. The zero-order chi connectivity index (χ0) is 24.2. The number of pyridine rings is 1. The van der Waals surface area contributed by atoms with Crippen molar-refractivity contribution in [3.8, 4) is 5.75 Å². The minimum atomic E-state index is -0.780. The van der Waals surface area contributed by atoms with Crippen molar-refractivity contribution in [2.75, 3.05) is 6.61 Å². The molecule has 0 aliphatic carbocycles. The van der Waals surface area contributed by atoms with Crippen LogP contribution in [0, 0.1) is 5.92 Å². The Morgan fingerprint density at radius 3 is 2.56 bits per heavy atom. The van der Waals surface area contributed by atoms with Crippen LogP contribution in [0.3, 0.4) is 0 Å². The summed E-state index contributed by atoms with van der Waals surface area (Å²) < 4.78 is 5.78. The van der Waals surface area contributed by atoms with E-state index in [-0.39, 0.29) is 17.9 Å². The quantitative estimate of drug-likeness (QED) is 0.281. The van der Waals surface area contributed by atoms with E-state index in [0.717, 1.165) is 5.56 Å². The van der Waals surface area contributed by atoms with Crippen molar-refractivity contribution >= 4 is 29.1 Å². The molecule has 1 N–H and O–H groups in total. The van der Waals surface area contributed by atoms with E-state index in [1.807, 2.05) is 19.9 Å². The molecule has 0 bridgehead atoms. The number of benzene rings is 2. The highest BCUT2D eigenvalue weighted by Crippen LogP contribution is 2.40. The number of rotatable bonds is 7. The number of Topliss-reactive ketones (excluding diaryl/α,β-unsaturated/α-hetero) is 1. The zero-order valence-electron chi connectivity index (χ0n) is 18.9. The molecule has 3 aromatic rings. The van der Waals surface area contributed by atoms with Crippen molar-refractivity contribution in [1.29, 1.82) is 0 Å². The Kier molecular flexibility index (Phi) is 6.98. The second-order valence-corrected chi connectivity index (χ2v) is 9.01. The topological polar surface area (TPSA) is 79.7 Å². The summed E-state index contributed by atoms with van der Waals surface area (Å²) in [5.74, 6) is -0.764. The molecule has 0 saturated carbocycles. The molecule has 0 spiro atoms. The third-order valence-electron chi connectivity index (χ3n) is 5.49. The predicted octanol–water partition coefficient (Wildman–Crippen LogP) is 5.39. The monoisotopic (exact) mass is 476 g/mol. The smallest absolute Gasteiger partial charge is 0.295 e. The Labute approximate surface area is 203 Å². The first-order chi connectivity index (χ1) is 16.3. The molecule has 2 heterocycles. The van der Waals surface area contributed by atoms with Gasteiger partial charge in [-0.3, -0.25) is 14.6 Å². The number of nitrogens with zero attached hydrogens (tertiary/aromatic N) is 2. The number of aliphatic hydroxyl groups is 1. The van der Waals surface area contributed by atoms with E-state index in [9.17, 15) is 14.7 Å². The normalized spacial score (nSPS) is 17.4. The second kappa shape index (κ2) is 10.1. The Morgan fingerprint density at radius 2 is 1.88 bits per heavy atom. The van der Waals surface area contributed by atoms with Gasteiger partial charge < -0.3 is 14.7 Å². The minimum absolute atomic E-state index is 0.0252. The second-order valence-electron chi connectivity index (χ2n) is 8.57. The van der Waals surface area contributed by atoms with Gasteiger partial charge in [-0.15, -0.1) is 0 Å². The van der Waals surface area contributed by atoms with Gasteiger partial charge in [0.05, 0.1) is 18.2 Å². The molecule has 6 nitrogen and oxygen atoms in total. The van der Waals surface area contributed by atoms with Gasteiger partial charge in [-0.2, -0.15) is 0 Å². The molecule has 1 aliphatic rings. The summed E-state index contributed by atoms with van der Waals surface area (Å²) >= 11 is 6.07. The van der Waals surface area contributed by atoms with Crippen LogP contribution in [0.5, 0.6) is 5.75 Å². The van der Waals surface area contributed by atoms with Gasteiger partial charge >= 0.3 is 0 Å². The molecule has 1 fully saturated rings. The van der Waals surface area contributed by atoms with Gasteiger partial charge in [0.1, 0.15) is 11.5 Å². The van der Waals surface area contributed by atoms with Crippen molar-refractivity contribution in [3.63, 3.8) is 0 Å². The molecule has 1 aromatic heterocycles. The summed E-state index contributed by atoms with van der Waals surface area (Å²) in [7, 11) is 0. The van der Waals surface area contributed by atoms with Crippen LogP contribution in [0.2, 0.25) is 5.02 Å². The van der Waals surface area contributed by atoms with Gasteiger partial charge in [0.2, 0.25) is 0 Å². The number of halogens is 1. The maximum Gasteiger partial charge on any atom is 0.295 e. The van der Waals surface area contributed by atoms with Gasteiger partial charge in [-0.05, 0) is 47.4 Å². The standard InChI is InChI=1S/C27H25ClN2O4/c1-17(2)16-34-22-7-3-6-20(13-22)25(31)23-24(19-8-10-21(28)11-9-19)30(27(33)26(23)32)15-18-5-4-12-29-14-18/h3-14,17,24,31H,15-16H2,1-2H3/b25-23-. The average Bonchev–Trinajstić information content (AvgIpc) is 3.08. The number of hydrogen-bond donors (Lipinski definition) is 1. The molecule has 2 aromatic carbocycles. The summed E-state index contributed by atoms with van der Waals surface area (Å²) in [5.41, 5.74) is 1.87. The third-order valence-corrected chi connectivity index (χ3v) is 5.74. The lowest BCUT2D eigenvalue weighted by molar-refractivity contribution is -0.140. The molecule has 1 amide bonds. The molecular formula is C27H25ClN2O4. The van der Waals surface area contributed by atoms with E-state index in [1.165, 1.54) is 4.90 Å². The van der Waals surface area contributed by atoms with E-state index in [1.54, 1.807) is 67.0 Å². The average molecular weight is 477 g/mol. The van der Waals surface area contributed by atoms with Crippen molar-refractivity contribution in [2.24, 2.45) is 5.92 Å². The summed E-state index contributed by atoms with van der Waals surface area (Å²) in [6.45, 7) is 4.77. The number of ether oxygens (including phenoxy) is 1. The van der Waals surface area contributed by atoms with Crippen LogP contribution >= 0.6 is 11.6 Å². The molecule has 0 radical (unpaired) electrons. The Balaban J connectivity index is 1.79. The lowest BCUT2D eigenvalue weighted by Crippen LogP contribution is -2.29. The fourth-order valence-electron chi connectivity index (χ4n) is 3.87. The van der Waals surface area contributed by atoms with E-state index < -0.39 is 17.7 Å². The highest BCUT2D eigenvalue weighted by atomic mass is 35.5. The van der Waals surface area contributed by atoms with Gasteiger partial charge in [0.25, 0.3) is 11.7 Å². The number of aliphatic hydroxyl groups excluding tert-OH is 1. The summed E-state index contributed by atoms with van der Waals surface area (Å²) in [5, 5.41) is 11.8. The Hall–Kier alpha value is -3.64. The number of carbonyl (C=O) groups excluding carboxylic acids is 2. The van der Waals surface area contributed by atoms with Crippen LogP contribution < -0.4 is 4.74 Å². The maximum absolute atomic E-state index is 13.2. The van der Waals surface area contributed by atoms with Crippen molar-refractivity contribution in [1.82, 2.24) is 9.88 Å². The van der Waals surface area contributed by atoms with Crippen molar-refractivity contribution < 1.29 is 19.4 Å². The van der Waals surface area contributed by atoms with Crippen LogP contribution in [0.1, 0.15) is 36.6 Å². The maximum atomic E-state index is 13.2. The summed E-state index contributed by atoms with van der Waals surface area (Å²) in [4.78, 5) is 31.9. The number of aromatic nitrogens is 1. The molecule has 1 aliphatic heterocycles. The van der Waals surface area contributed by atoms with E-state index in [0.29, 0.717) is 34.4 Å². The first kappa shape index (κ1) is 23.5. The van der Waals surface area contributed by atoms with Crippen LogP contribution in [0.4, 0.5) is 0 Å². The molecule has 7 heteroatoms. The minimum Gasteiger partial charge on any atom is -0.507 e. The van der Waals surface area contributed by atoms with Crippen LogP contribution in [0.15, 0.2) is 78.6 Å². The Bertz CT molecular complexity index is 1220. The van der Waals surface area contributed by atoms with E-state index in [2.05, 4.69) is 4.98 Å². The highest BCUT2D eigenvalue weighted by molar-refractivity contribution is 6.46. The molecule has 4 rings (SSSR count). The Morgan fingerprint density at radius 1 is 1.12 bits per heavy atom. The zero-order valence-corrected chi connectivity index (χ0v) is 19.7. The summed E-state index contributed by atoms with van der Waals surface area (Å²) in [6.07, 6.45) is 3.29. The molecule has 34 heavy (non-hydrogen) atoms. The molecular weight excluding hydrogens is 452 g/mol. The fourth-order valence-corrected chi connectivity index (χ4v) is 4.00. The number of amides is 1. The third kappa shape index (κ3) is 4.97. The van der Waals surface area contributed by atoms with E-state index in [4.69, 9.17) is 16.3 Å². The van der Waals surface area contributed by atoms with Crippen molar-refractivity contribution in [3.05, 3.63) is 100 Å². The first-order valence-corrected chi connectivity index (χ1v) is 11.4. The lowest BCUT2D eigenvalue weighted by atomic mass is 9.95. The molecule has 1 saturated heterocycles. The van der Waals surface area contributed by atoms with Gasteiger partial charge in [0.15, 0.2) is 0 Å². The van der Waals surface area contributed by atoms with Gasteiger partial charge in [-0.25, -0.2) is 0 Å². The SMILES string of the molecule is CC(C)COc1cccc(/C(O)=C2/C(=O)C(=O)N(Cc3cccnc3)C2c2ccc(Cl)cc2)c1. The predicted molar refractivity (Wildman–Crippen MR) is 130 cm³/mol. The van der Waals surface area contributed by atoms with Crippen molar-refractivity contribution in [2.45, 2.75) is 26.4 Å². The molecule has 174 valence electrons. The van der Waals surface area contributed by atoms with Crippen LogP contribution in [-0.2, 0) is 16.1 Å². The summed E-state index contributed by atoms with van der Waals surface area (Å²) in [6, 6.07) is 16.6. The number of hydrogen-bond acceptors (Lipinski definition) is 5. The number of likely N-dealkylation sites (tertiary alicyclic amines) is 1. The fraction of sp³-hybridized carbons (Fsp3) is 0.222.